The number of carbonyl (C=O) groups excluding carboxylic acids is 1. The lowest BCUT2D eigenvalue weighted by molar-refractivity contribution is 0.116. The van der Waals surface area contributed by atoms with Gasteiger partial charge in [-0.1, -0.05) is 42.5 Å². The first-order chi connectivity index (χ1) is 12.2. The van der Waals surface area contributed by atoms with Crippen molar-refractivity contribution in [3.05, 3.63) is 54.1 Å². The predicted molar refractivity (Wildman–Crippen MR) is 97.6 cm³/mol. The Hall–Kier alpha value is -2.53. The zero-order chi connectivity index (χ0) is 17.2. The van der Waals surface area contributed by atoms with Crippen LogP contribution in [-0.4, -0.2) is 55.2 Å². The molecule has 2 fully saturated rings. The normalized spacial score (nSPS) is 20.3. The van der Waals surface area contributed by atoms with Gasteiger partial charge in [-0.2, -0.15) is 0 Å². The number of hydrogen-bond donors (Lipinski definition) is 1. The number of amides is 2. The van der Waals surface area contributed by atoms with E-state index in [0.29, 0.717) is 6.04 Å². The molecule has 1 N–H and O–H groups in total. The number of ether oxygens (including phenoxy) is 1. The minimum atomic E-state index is 0.0887. The summed E-state index contributed by atoms with van der Waals surface area (Å²) in [5.74, 6) is 0.893. The summed E-state index contributed by atoms with van der Waals surface area (Å²) in [7, 11) is 1.70. The second-order valence-corrected chi connectivity index (χ2v) is 6.67. The molecule has 25 heavy (non-hydrogen) atoms. The molecule has 5 heteroatoms. The molecule has 2 amide bonds. The van der Waals surface area contributed by atoms with E-state index in [9.17, 15) is 4.79 Å². The summed E-state index contributed by atoms with van der Waals surface area (Å²) < 4.78 is 5.45. The molecular formula is C20H23N3O2. The Morgan fingerprint density at radius 1 is 1.12 bits per heavy atom. The summed E-state index contributed by atoms with van der Waals surface area (Å²) in [6.45, 7) is 4.37. The summed E-state index contributed by atoms with van der Waals surface area (Å²) in [5, 5.41) is 2.93. The molecule has 0 aromatic heterocycles. The average Bonchev–Trinajstić information content (AvgIpc) is 3.03. The van der Waals surface area contributed by atoms with E-state index in [1.54, 1.807) is 7.11 Å². The number of piperazine rings is 1. The topological polar surface area (TPSA) is 44.8 Å². The van der Waals surface area contributed by atoms with Crippen LogP contribution in [0.3, 0.4) is 0 Å². The van der Waals surface area contributed by atoms with Crippen LogP contribution in [0.25, 0.3) is 11.1 Å². The van der Waals surface area contributed by atoms with Crippen LogP contribution in [0.1, 0.15) is 5.56 Å². The third kappa shape index (κ3) is 3.20. The van der Waals surface area contributed by atoms with Gasteiger partial charge < -0.3 is 15.0 Å². The second kappa shape index (κ2) is 6.76. The van der Waals surface area contributed by atoms with Crippen molar-refractivity contribution in [2.24, 2.45) is 0 Å². The zero-order valence-electron chi connectivity index (χ0n) is 14.4. The molecule has 2 aliphatic rings. The quantitative estimate of drug-likeness (QED) is 0.933. The number of benzene rings is 2. The molecular weight excluding hydrogens is 314 g/mol. The number of methoxy groups -OCH3 is 1. The molecule has 2 aromatic rings. The molecule has 0 bridgehead atoms. The monoisotopic (exact) mass is 337 g/mol. The number of rotatable bonds is 4. The Morgan fingerprint density at radius 3 is 2.72 bits per heavy atom. The molecule has 0 unspecified atom stereocenters. The van der Waals surface area contributed by atoms with Gasteiger partial charge in [-0.25, -0.2) is 4.79 Å². The van der Waals surface area contributed by atoms with Gasteiger partial charge in [0.25, 0.3) is 0 Å². The number of nitrogens with zero attached hydrogens (tertiary/aromatic N) is 2. The van der Waals surface area contributed by atoms with Crippen molar-refractivity contribution < 1.29 is 9.53 Å². The summed E-state index contributed by atoms with van der Waals surface area (Å²) in [4.78, 5) is 16.1. The van der Waals surface area contributed by atoms with Crippen molar-refractivity contribution in [2.45, 2.75) is 12.6 Å². The van der Waals surface area contributed by atoms with E-state index in [0.717, 1.165) is 49.6 Å². The van der Waals surface area contributed by atoms with Gasteiger partial charge in [-0.3, -0.25) is 4.90 Å². The van der Waals surface area contributed by atoms with Crippen LogP contribution in [-0.2, 0) is 6.54 Å². The maximum atomic E-state index is 11.7. The molecule has 0 spiro atoms. The number of carbonyl (C=O) groups is 1. The van der Waals surface area contributed by atoms with Crippen LogP contribution in [0.2, 0.25) is 0 Å². The Labute approximate surface area is 148 Å². The molecule has 2 aromatic carbocycles. The Kier molecular flexibility index (Phi) is 4.32. The first kappa shape index (κ1) is 16.0. The van der Waals surface area contributed by atoms with E-state index < -0.39 is 0 Å². The minimum Gasteiger partial charge on any atom is -0.496 e. The maximum Gasteiger partial charge on any atom is 0.317 e. The highest BCUT2D eigenvalue weighted by atomic mass is 16.5. The van der Waals surface area contributed by atoms with Gasteiger partial charge in [0.05, 0.1) is 13.2 Å². The van der Waals surface area contributed by atoms with Crippen LogP contribution in [0, 0.1) is 0 Å². The number of hydrogen-bond acceptors (Lipinski definition) is 3. The van der Waals surface area contributed by atoms with E-state index in [-0.39, 0.29) is 6.03 Å². The lowest BCUT2D eigenvalue weighted by Gasteiger charge is -2.36. The highest BCUT2D eigenvalue weighted by Crippen LogP contribution is 2.29. The molecule has 2 saturated heterocycles. The molecule has 2 aliphatic heterocycles. The van der Waals surface area contributed by atoms with Crippen LogP contribution in [0.5, 0.6) is 5.75 Å². The average molecular weight is 337 g/mol. The van der Waals surface area contributed by atoms with Crippen molar-refractivity contribution in [1.29, 1.82) is 0 Å². The Bertz CT molecular complexity index is 760. The summed E-state index contributed by atoms with van der Waals surface area (Å²) in [6, 6.07) is 17.2. The number of fused-ring (bicyclic) bond motifs is 1. The second-order valence-electron chi connectivity index (χ2n) is 6.67. The molecule has 4 rings (SSSR count). The molecule has 5 nitrogen and oxygen atoms in total. The van der Waals surface area contributed by atoms with Gasteiger partial charge in [0, 0.05) is 38.3 Å². The Morgan fingerprint density at radius 2 is 1.92 bits per heavy atom. The molecule has 1 atom stereocenters. The van der Waals surface area contributed by atoms with Gasteiger partial charge in [-0.05, 0) is 17.2 Å². The van der Waals surface area contributed by atoms with E-state index in [1.807, 2.05) is 23.1 Å². The largest absolute Gasteiger partial charge is 0.496 e. The summed E-state index contributed by atoms with van der Waals surface area (Å²) in [5.41, 5.74) is 3.57. The lowest BCUT2D eigenvalue weighted by Crippen LogP contribution is -2.51. The lowest BCUT2D eigenvalue weighted by atomic mass is 10.0. The van der Waals surface area contributed by atoms with Crippen molar-refractivity contribution in [3.63, 3.8) is 0 Å². The fourth-order valence-corrected chi connectivity index (χ4v) is 3.74. The molecule has 130 valence electrons. The van der Waals surface area contributed by atoms with Crippen LogP contribution < -0.4 is 10.1 Å². The standard InChI is InChI=1S/C20H23N3O2/c1-25-19-5-3-2-4-18(19)16-8-6-15(7-9-16)13-22-10-11-23-17(14-22)12-21-20(23)24/h2-9,17H,10-14H2,1H3,(H,21,24)/t17-/m1/s1. The van der Waals surface area contributed by atoms with Crippen LogP contribution in [0.15, 0.2) is 48.5 Å². The molecule has 0 saturated carbocycles. The van der Waals surface area contributed by atoms with E-state index in [4.69, 9.17) is 4.74 Å². The van der Waals surface area contributed by atoms with Crippen molar-refractivity contribution in [2.75, 3.05) is 33.3 Å². The van der Waals surface area contributed by atoms with Gasteiger partial charge >= 0.3 is 6.03 Å². The van der Waals surface area contributed by atoms with Crippen molar-refractivity contribution in [3.8, 4) is 16.9 Å². The highest BCUT2D eigenvalue weighted by molar-refractivity contribution is 5.77. The minimum absolute atomic E-state index is 0.0887. The van der Waals surface area contributed by atoms with E-state index >= 15 is 0 Å². The third-order valence-corrected chi connectivity index (χ3v) is 5.09. The van der Waals surface area contributed by atoms with Gasteiger partial charge in [0.1, 0.15) is 5.75 Å². The summed E-state index contributed by atoms with van der Waals surface area (Å²) in [6.07, 6.45) is 0. The van der Waals surface area contributed by atoms with Crippen LogP contribution >= 0.6 is 0 Å². The van der Waals surface area contributed by atoms with Gasteiger partial charge in [0.2, 0.25) is 0 Å². The maximum absolute atomic E-state index is 11.7. The fraction of sp³-hybridized carbons (Fsp3) is 0.350. The van der Waals surface area contributed by atoms with Crippen molar-refractivity contribution >= 4 is 6.03 Å². The van der Waals surface area contributed by atoms with Crippen LogP contribution in [0.4, 0.5) is 4.79 Å². The van der Waals surface area contributed by atoms with Gasteiger partial charge in [-0.15, -0.1) is 0 Å². The highest BCUT2D eigenvalue weighted by Gasteiger charge is 2.35. The molecule has 0 radical (unpaired) electrons. The number of urea groups is 1. The zero-order valence-corrected chi connectivity index (χ0v) is 14.4. The van der Waals surface area contributed by atoms with E-state index in [1.165, 1.54) is 5.56 Å². The Balaban J connectivity index is 1.44. The molecule has 0 aliphatic carbocycles. The summed E-state index contributed by atoms with van der Waals surface area (Å²) >= 11 is 0. The number of nitrogens with one attached hydrogen (secondary N) is 1. The number of para-hydroxylation sites is 1. The molecule has 2 heterocycles. The smallest absolute Gasteiger partial charge is 0.317 e. The van der Waals surface area contributed by atoms with Gasteiger partial charge in [0.15, 0.2) is 0 Å². The SMILES string of the molecule is COc1ccccc1-c1ccc(CN2CCN3C(=O)NC[C@@H]3C2)cc1. The first-order valence-corrected chi connectivity index (χ1v) is 8.74. The predicted octanol–water partition coefficient (Wildman–Crippen LogP) is 2.57. The van der Waals surface area contributed by atoms with E-state index in [2.05, 4.69) is 40.5 Å². The van der Waals surface area contributed by atoms with Crippen molar-refractivity contribution in [1.82, 2.24) is 15.1 Å². The first-order valence-electron chi connectivity index (χ1n) is 8.74. The third-order valence-electron chi connectivity index (χ3n) is 5.09. The fourth-order valence-electron chi connectivity index (χ4n) is 3.74.